The third kappa shape index (κ3) is 3.32. The summed E-state index contributed by atoms with van der Waals surface area (Å²) in [6, 6.07) is 6.43. The zero-order chi connectivity index (χ0) is 13.8. The van der Waals surface area contributed by atoms with E-state index in [1.807, 2.05) is 0 Å². The Morgan fingerprint density at radius 1 is 1.16 bits per heavy atom. The third-order valence-corrected chi connectivity index (χ3v) is 3.55. The van der Waals surface area contributed by atoms with E-state index >= 15 is 0 Å². The average Bonchev–Trinajstić information content (AvgIpc) is 2.41. The molecule has 2 atom stereocenters. The van der Waals surface area contributed by atoms with Gasteiger partial charge >= 0.3 is 0 Å². The van der Waals surface area contributed by atoms with Crippen molar-refractivity contribution in [3.8, 4) is 0 Å². The Labute approximate surface area is 112 Å². The van der Waals surface area contributed by atoms with Gasteiger partial charge in [-0.15, -0.1) is 0 Å². The summed E-state index contributed by atoms with van der Waals surface area (Å²) in [7, 11) is 0. The van der Waals surface area contributed by atoms with Gasteiger partial charge in [-0.1, -0.05) is 18.9 Å². The molecule has 0 radical (unpaired) electrons. The largest absolute Gasteiger partial charge is 0.366 e. The van der Waals surface area contributed by atoms with Gasteiger partial charge in [-0.05, 0) is 31.0 Å². The van der Waals surface area contributed by atoms with E-state index in [1.54, 1.807) is 18.2 Å². The molecule has 0 spiro atoms. The second-order valence-electron chi connectivity index (χ2n) is 4.97. The first-order valence-corrected chi connectivity index (χ1v) is 6.54. The molecule has 1 aromatic carbocycles. The maximum Gasteiger partial charge on any atom is 0.251 e. The summed E-state index contributed by atoms with van der Waals surface area (Å²) in [5.74, 6) is -0.741. The van der Waals surface area contributed by atoms with Crippen LogP contribution in [0, 0.1) is 0 Å². The van der Waals surface area contributed by atoms with Gasteiger partial charge in [0.25, 0.3) is 5.91 Å². The highest BCUT2D eigenvalue weighted by Gasteiger charge is 2.23. The van der Waals surface area contributed by atoms with Crippen LogP contribution in [0.3, 0.4) is 0 Å². The molecule has 0 aliphatic heterocycles. The van der Waals surface area contributed by atoms with Crippen LogP contribution in [0.4, 0.5) is 0 Å². The molecule has 5 heteroatoms. The minimum atomic E-state index is -0.538. The standard InChI is InChI=1S/C14H19N3O2/c15-11-6-1-2-7-12(11)17-14(19)10-5-3-4-9(8-10)13(16)18/h3-5,8,11-12H,1-2,6-7,15H2,(H2,16,18)(H,17,19). The lowest BCUT2D eigenvalue weighted by molar-refractivity contribution is 0.0921. The molecule has 1 aliphatic rings. The molecule has 0 heterocycles. The Morgan fingerprint density at radius 3 is 2.53 bits per heavy atom. The average molecular weight is 261 g/mol. The number of carbonyl (C=O) groups excluding carboxylic acids is 2. The number of nitrogens with two attached hydrogens (primary N) is 2. The van der Waals surface area contributed by atoms with Crippen molar-refractivity contribution in [1.29, 1.82) is 0 Å². The van der Waals surface area contributed by atoms with Crippen LogP contribution in [0.1, 0.15) is 46.4 Å². The van der Waals surface area contributed by atoms with Crippen molar-refractivity contribution >= 4 is 11.8 Å². The minimum absolute atomic E-state index is 0.0111. The summed E-state index contributed by atoms with van der Waals surface area (Å²) in [5.41, 5.74) is 12.0. The number of nitrogens with one attached hydrogen (secondary N) is 1. The lowest BCUT2D eigenvalue weighted by atomic mass is 9.91. The van der Waals surface area contributed by atoms with Gasteiger partial charge in [0.2, 0.25) is 5.91 Å². The fraction of sp³-hybridized carbons (Fsp3) is 0.429. The van der Waals surface area contributed by atoms with Gasteiger partial charge in [0.05, 0.1) is 0 Å². The number of benzene rings is 1. The van der Waals surface area contributed by atoms with Crippen molar-refractivity contribution in [3.05, 3.63) is 35.4 Å². The summed E-state index contributed by atoms with van der Waals surface area (Å²) in [4.78, 5) is 23.2. The quantitative estimate of drug-likeness (QED) is 0.750. The topological polar surface area (TPSA) is 98.2 Å². The summed E-state index contributed by atoms with van der Waals surface area (Å²) < 4.78 is 0. The fourth-order valence-electron chi connectivity index (χ4n) is 2.40. The smallest absolute Gasteiger partial charge is 0.251 e. The maximum atomic E-state index is 12.1. The van der Waals surface area contributed by atoms with Crippen molar-refractivity contribution in [2.24, 2.45) is 11.5 Å². The van der Waals surface area contributed by atoms with E-state index in [-0.39, 0.29) is 18.0 Å². The van der Waals surface area contributed by atoms with Crippen LogP contribution in [-0.2, 0) is 0 Å². The molecule has 0 aromatic heterocycles. The zero-order valence-electron chi connectivity index (χ0n) is 10.8. The Morgan fingerprint density at radius 2 is 1.84 bits per heavy atom. The number of hydrogen-bond acceptors (Lipinski definition) is 3. The molecule has 1 fully saturated rings. The summed E-state index contributed by atoms with van der Waals surface area (Å²) in [6.07, 6.45) is 4.04. The zero-order valence-corrected chi connectivity index (χ0v) is 10.8. The molecule has 1 saturated carbocycles. The highest BCUT2D eigenvalue weighted by atomic mass is 16.2. The fourth-order valence-corrected chi connectivity index (χ4v) is 2.40. The number of rotatable bonds is 3. The van der Waals surface area contributed by atoms with Crippen molar-refractivity contribution in [2.45, 2.75) is 37.8 Å². The molecule has 0 bridgehead atoms. The van der Waals surface area contributed by atoms with Crippen LogP contribution in [0.2, 0.25) is 0 Å². The van der Waals surface area contributed by atoms with Crippen molar-refractivity contribution < 1.29 is 9.59 Å². The summed E-state index contributed by atoms with van der Waals surface area (Å²) in [6.45, 7) is 0. The molecular weight excluding hydrogens is 242 g/mol. The Kier molecular flexibility index (Phi) is 4.16. The number of amides is 2. The van der Waals surface area contributed by atoms with Gasteiger partial charge in [0, 0.05) is 23.2 Å². The van der Waals surface area contributed by atoms with Gasteiger partial charge in [0.15, 0.2) is 0 Å². The first-order valence-electron chi connectivity index (χ1n) is 6.54. The Hall–Kier alpha value is -1.88. The lowest BCUT2D eigenvalue weighted by Gasteiger charge is -2.29. The normalized spacial score (nSPS) is 22.8. The predicted octanol–water partition coefficient (Wildman–Crippen LogP) is 0.785. The second kappa shape index (κ2) is 5.84. The van der Waals surface area contributed by atoms with Gasteiger partial charge in [-0.3, -0.25) is 9.59 Å². The number of hydrogen-bond donors (Lipinski definition) is 3. The molecule has 1 aromatic rings. The molecule has 0 saturated heterocycles. The van der Waals surface area contributed by atoms with E-state index in [1.165, 1.54) is 6.07 Å². The van der Waals surface area contributed by atoms with Crippen LogP contribution in [-0.4, -0.2) is 23.9 Å². The first-order chi connectivity index (χ1) is 9.08. The maximum absolute atomic E-state index is 12.1. The molecule has 2 unspecified atom stereocenters. The van der Waals surface area contributed by atoms with Gasteiger partial charge in [-0.2, -0.15) is 0 Å². The minimum Gasteiger partial charge on any atom is -0.366 e. The number of primary amides is 1. The first kappa shape index (κ1) is 13.5. The van der Waals surface area contributed by atoms with Crippen LogP contribution >= 0.6 is 0 Å². The molecule has 5 nitrogen and oxygen atoms in total. The summed E-state index contributed by atoms with van der Waals surface area (Å²) >= 11 is 0. The second-order valence-corrected chi connectivity index (χ2v) is 4.97. The molecule has 1 aliphatic carbocycles. The van der Waals surface area contributed by atoms with Crippen LogP contribution in [0.15, 0.2) is 24.3 Å². The van der Waals surface area contributed by atoms with Crippen molar-refractivity contribution in [1.82, 2.24) is 5.32 Å². The van der Waals surface area contributed by atoms with E-state index < -0.39 is 5.91 Å². The van der Waals surface area contributed by atoms with E-state index in [0.717, 1.165) is 25.7 Å². The summed E-state index contributed by atoms with van der Waals surface area (Å²) in [5, 5.41) is 2.94. The van der Waals surface area contributed by atoms with Gasteiger partial charge in [0.1, 0.15) is 0 Å². The lowest BCUT2D eigenvalue weighted by Crippen LogP contribution is -2.49. The van der Waals surface area contributed by atoms with Crippen LogP contribution < -0.4 is 16.8 Å². The van der Waals surface area contributed by atoms with E-state index in [0.29, 0.717) is 11.1 Å². The van der Waals surface area contributed by atoms with Crippen LogP contribution in [0.5, 0.6) is 0 Å². The monoisotopic (exact) mass is 261 g/mol. The number of carbonyl (C=O) groups is 2. The van der Waals surface area contributed by atoms with Crippen molar-refractivity contribution in [3.63, 3.8) is 0 Å². The van der Waals surface area contributed by atoms with E-state index in [2.05, 4.69) is 5.32 Å². The highest BCUT2D eigenvalue weighted by Crippen LogP contribution is 2.17. The third-order valence-electron chi connectivity index (χ3n) is 3.55. The molecule has 2 rings (SSSR count). The van der Waals surface area contributed by atoms with E-state index in [9.17, 15) is 9.59 Å². The van der Waals surface area contributed by atoms with E-state index in [4.69, 9.17) is 11.5 Å². The molecule has 2 amide bonds. The molecule has 19 heavy (non-hydrogen) atoms. The molecular formula is C14H19N3O2. The predicted molar refractivity (Wildman–Crippen MR) is 72.7 cm³/mol. The molecule has 5 N–H and O–H groups in total. The van der Waals surface area contributed by atoms with Gasteiger partial charge in [-0.25, -0.2) is 0 Å². The van der Waals surface area contributed by atoms with Crippen molar-refractivity contribution in [2.75, 3.05) is 0 Å². The SMILES string of the molecule is NC(=O)c1cccc(C(=O)NC2CCCCC2N)c1. The highest BCUT2D eigenvalue weighted by molar-refractivity contribution is 5.99. The Bertz CT molecular complexity index is 487. The Balaban J connectivity index is 2.07. The van der Waals surface area contributed by atoms with Gasteiger partial charge < -0.3 is 16.8 Å². The van der Waals surface area contributed by atoms with Crippen LogP contribution in [0.25, 0.3) is 0 Å². The molecule has 102 valence electrons.